The smallest absolute Gasteiger partial charge is 0.329 e. The first-order chi connectivity index (χ1) is 8.00. The standard InChI is InChI=1S/C12H15N3O2/c1-7(2)10-11(16)15(12(17)14-10)9-5-3-4-8(13)6-9/h3-7,10H,13H2,1-2H3,(H,14,17)/t10-/m0/s1. The molecule has 0 aromatic heterocycles. The number of anilines is 2. The second kappa shape index (κ2) is 4.08. The zero-order valence-electron chi connectivity index (χ0n) is 9.81. The van der Waals surface area contributed by atoms with E-state index < -0.39 is 6.04 Å². The fourth-order valence-corrected chi connectivity index (χ4v) is 1.86. The summed E-state index contributed by atoms with van der Waals surface area (Å²) in [5.41, 5.74) is 6.68. The molecule has 1 aromatic carbocycles. The molecule has 3 N–H and O–H groups in total. The van der Waals surface area contributed by atoms with Gasteiger partial charge in [-0.15, -0.1) is 0 Å². The molecule has 1 aliphatic rings. The van der Waals surface area contributed by atoms with Gasteiger partial charge in [0.1, 0.15) is 6.04 Å². The van der Waals surface area contributed by atoms with Crippen LogP contribution in [0.5, 0.6) is 0 Å². The van der Waals surface area contributed by atoms with Gasteiger partial charge in [0.15, 0.2) is 0 Å². The SMILES string of the molecule is CC(C)[C@@H]1NC(=O)N(c2cccc(N)c2)C1=O. The Balaban J connectivity index is 2.34. The van der Waals surface area contributed by atoms with Crippen molar-refractivity contribution in [1.29, 1.82) is 0 Å². The number of urea groups is 1. The van der Waals surface area contributed by atoms with E-state index in [2.05, 4.69) is 5.32 Å². The van der Waals surface area contributed by atoms with Crippen molar-refractivity contribution in [2.45, 2.75) is 19.9 Å². The summed E-state index contributed by atoms with van der Waals surface area (Å²) in [5.74, 6) is -0.159. The molecule has 0 spiro atoms. The summed E-state index contributed by atoms with van der Waals surface area (Å²) in [6.45, 7) is 3.79. The lowest BCUT2D eigenvalue weighted by Crippen LogP contribution is -2.34. The highest BCUT2D eigenvalue weighted by Crippen LogP contribution is 2.23. The average Bonchev–Trinajstić information content (AvgIpc) is 2.54. The Morgan fingerprint density at radius 1 is 1.35 bits per heavy atom. The summed E-state index contributed by atoms with van der Waals surface area (Å²) < 4.78 is 0. The minimum atomic E-state index is -0.455. The monoisotopic (exact) mass is 233 g/mol. The molecule has 1 heterocycles. The molecule has 1 fully saturated rings. The average molecular weight is 233 g/mol. The number of amides is 3. The minimum Gasteiger partial charge on any atom is -0.399 e. The highest BCUT2D eigenvalue weighted by molar-refractivity contribution is 6.21. The number of nitrogens with one attached hydrogen (secondary N) is 1. The lowest BCUT2D eigenvalue weighted by atomic mass is 10.0. The van der Waals surface area contributed by atoms with Gasteiger partial charge in [-0.05, 0) is 24.1 Å². The number of nitrogens with zero attached hydrogens (tertiary/aromatic N) is 1. The summed E-state index contributed by atoms with van der Waals surface area (Å²) in [6.07, 6.45) is 0. The van der Waals surface area contributed by atoms with Gasteiger partial charge >= 0.3 is 6.03 Å². The van der Waals surface area contributed by atoms with E-state index in [4.69, 9.17) is 5.73 Å². The van der Waals surface area contributed by atoms with E-state index >= 15 is 0 Å². The van der Waals surface area contributed by atoms with Gasteiger partial charge in [-0.3, -0.25) is 4.79 Å². The maximum Gasteiger partial charge on any atom is 0.329 e. The van der Waals surface area contributed by atoms with Crippen LogP contribution in [-0.2, 0) is 4.79 Å². The predicted molar refractivity (Wildman–Crippen MR) is 65.5 cm³/mol. The van der Waals surface area contributed by atoms with Gasteiger partial charge in [-0.1, -0.05) is 19.9 Å². The Morgan fingerprint density at radius 2 is 2.06 bits per heavy atom. The van der Waals surface area contributed by atoms with Gasteiger partial charge in [0.25, 0.3) is 5.91 Å². The van der Waals surface area contributed by atoms with Crippen LogP contribution in [0.4, 0.5) is 16.2 Å². The highest BCUT2D eigenvalue weighted by atomic mass is 16.2. The van der Waals surface area contributed by atoms with E-state index in [0.717, 1.165) is 4.90 Å². The predicted octanol–water partition coefficient (Wildman–Crippen LogP) is 1.35. The maximum atomic E-state index is 12.1. The van der Waals surface area contributed by atoms with Crippen LogP contribution >= 0.6 is 0 Å². The van der Waals surface area contributed by atoms with E-state index in [1.54, 1.807) is 24.3 Å². The van der Waals surface area contributed by atoms with Crippen LogP contribution in [0.15, 0.2) is 24.3 Å². The van der Waals surface area contributed by atoms with E-state index in [-0.39, 0.29) is 17.9 Å². The molecule has 2 rings (SSSR count). The summed E-state index contributed by atoms with van der Waals surface area (Å²) in [4.78, 5) is 25.0. The lowest BCUT2D eigenvalue weighted by molar-refractivity contribution is -0.119. The lowest BCUT2D eigenvalue weighted by Gasteiger charge is -2.14. The van der Waals surface area contributed by atoms with Crippen molar-refractivity contribution >= 4 is 23.3 Å². The minimum absolute atomic E-state index is 0.0671. The van der Waals surface area contributed by atoms with Crippen molar-refractivity contribution in [2.24, 2.45) is 5.92 Å². The number of benzene rings is 1. The van der Waals surface area contributed by atoms with Crippen LogP contribution in [0, 0.1) is 5.92 Å². The Labute approximate surface area is 99.6 Å². The van der Waals surface area contributed by atoms with E-state index in [0.29, 0.717) is 11.4 Å². The highest BCUT2D eigenvalue weighted by Gasteiger charge is 2.40. The molecule has 1 saturated heterocycles. The van der Waals surface area contributed by atoms with Gasteiger partial charge < -0.3 is 11.1 Å². The van der Waals surface area contributed by atoms with Crippen LogP contribution < -0.4 is 16.0 Å². The number of nitrogen functional groups attached to an aromatic ring is 1. The molecule has 0 unspecified atom stereocenters. The van der Waals surface area contributed by atoms with Crippen LogP contribution in [0.3, 0.4) is 0 Å². The second-order valence-electron chi connectivity index (χ2n) is 4.44. The zero-order valence-corrected chi connectivity index (χ0v) is 9.81. The number of hydrogen-bond donors (Lipinski definition) is 2. The van der Waals surface area contributed by atoms with Gasteiger partial charge in [0.2, 0.25) is 0 Å². The maximum absolute atomic E-state index is 12.1. The van der Waals surface area contributed by atoms with Gasteiger partial charge in [0, 0.05) is 5.69 Å². The molecule has 90 valence electrons. The van der Waals surface area contributed by atoms with Crippen molar-refractivity contribution in [3.05, 3.63) is 24.3 Å². The molecule has 5 heteroatoms. The van der Waals surface area contributed by atoms with Crippen molar-refractivity contribution in [1.82, 2.24) is 5.32 Å². The third kappa shape index (κ3) is 1.95. The number of rotatable bonds is 2. The van der Waals surface area contributed by atoms with Crippen molar-refractivity contribution in [3.63, 3.8) is 0 Å². The van der Waals surface area contributed by atoms with Crippen LogP contribution in [0.1, 0.15) is 13.8 Å². The zero-order chi connectivity index (χ0) is 12.6. The quantitative estimate of drug-likeness (QED) is 0.598. The molecule has 17 heavy (non-hydrogen) atoms. The van der Waals surface area contributed by atoms with Crippen molar-refractivity contribution in [3.8, 4) is 0 Å². The molecular formula is C12H15N3O2. The molecule has 1 aromatic rings. The first-order valence-electron chi connectivity index (χ1n) is 5.50. The number of carbonyl (C=O) groups is 2. The topological polar surface area (TPSA) is 75.4 Å². The summed E-state index contributed by atoms with van der Waals surface area (Å²) in [6, 6.07) is 5.88. The Bertz CT molecular complexity index is 471. The largest absolute Gasteiger partial charge is 0.399 e. The molecule has 1 atom stereocenters. The van der Waals surface area contributed by atoms with Crippen molar-refractivity contribution < 1.29 is 9.59 Å². The van der Waals surface area contributed by atoms with Crippen molar-refractivity contribution in [2.75, 3.05) is 10.6 Å². The summed E-state index contributed by atoms with van der Waals surface area (Å²) in [5, 5.41) is 2.67. The third-order valence-electron chi connectivity index (χ3n) is 2.76. The van der Waals surface area contributed by atoms with Crippen LogP contribution in [-0.4, -0.2) is 18.0 Å². The first-order valence-corrected chi connectivity index (χ1v) is 5.50. The summed E-state index contributed by atoms with van der Waals surface area (Å²) >= 11 is 0. The molecule has 1 aliphatic heterocycles. The van der Waals surface area contributed by atoms with E-state index in [9.17, 15) is 9.59 Å². The first kappa shape index (κ1) is 11.4. The Kier molecular flexibility index (Phi) is 2.75. The molecule has 0 saturated carbocycles. The molecule has 5 nitrogen and oxygen atoms in total. The number of nitrogens with two attached hydrogens (primary N) is 1. The Morgan fingerprint density at radius 3 is 2.59 bits per heavy atom. The fraction of sp³-hybridized carbons (Fsp3) is 0.333. The van der Waals surface area contributed by atoms with Gasteiger partial charge in [-0.2, -0.15) is 0 Å². The molecule has 3 amide bonds. The van der Waals surface area contributed by atoms with Crippen LogP contribution in [0.25, 0.3) is 0 Å². The van der Waals surface area contributed by atoms with Gasteiger partial charge in [0.05, 0.1) is 5.69 Å². The van der Waals surface area contributed by atoms with E-state index in [1.165, 1.54) is 0 Å². The molecule has 0 bridgehead atoms. The van der Waals surface area contributed by atoms with E-state index in [1.807, 2.05) is 13.8 Å². The van der Waals surface area contributed by atoms with Gasteiger partial charge in [-0.25, -0.2) is 9.69 Å². The molecular weight excluding hydrogens is 218 g/mol. The fourth-order valence-electron chi connectivity index (χ4n) is 1.86. The second-order valence-corrected chi connectivity index (χ2v) is 4.44. The number of hydrogen-bond acceptors (Lipinski definition) is 3. The Hall–Kier alpha value is -2.04. The molecule has 0 aliphatic carbocycles. The molecule has 0 radical (unpaired) electrons. The number of imide groups is 1. The third-order valence-corrected chi connectivity index (χ3v) is 2.76. The summed E-state index contributed by atoms with van der Waals surface area (Å²) in [7, 11) is 0. The number of carbonyl (C=O) groups excluding carboxylic acids is 2. The normalized spacial score (nSPS) is 19.9. The van der Waals surface area contributed by atoms with Crippen LogP contribution in [0.2, 0.25) is 0 Å².